The van der Waals surface area contributed by atoms with E-state index in [0.29, 0.717) is 56.3 Å². The molecule has 6 aromatic carbocycles. The van der Waals surface area contributed by atoms with E-state index in [1.165, 1.54) is 42.3 Å². The minimum atomic E-state index is -0.551. The van der Waals surface area contributed by atoms with E-state index < -0.39 is 39.3 Å². The third-order valence-electron chi connectivity index (χ3n) is 16.5. The maximum Gasteiger partial charge on any atom is 0.332 e. The largest absolute Gasteiger partial charge is 0.497 e. The first kappa shape index (κ1) is 67.7. The van der Waals surface area contributed by atoms with Gasteiger partial charge in [-0.2, -0.15) is 0 Å². The van der Waals surface area contributed by atoms with E-state index in [9.17, 15) is 38.4 Å². The van der Waals surface area contributed by atoms with Crippen LogP contribution in [0.25, 0.3) is 32.7 Å². The van der Waals surface area contributed by atoms with Crippen LogP contribution in [0.1, 0.15) is 50.1 Å². The van der Waals surface area contributed by atoms with E-state index in [2.05, 4.69) is 15.0 Å². The van der Waals surface area contributed by atoms with Crippen molar-refractivity contribution in [2.75, 3.05) is 49.8 Å². The van der Waals surface area contributed by atoms with Gasteiger partial charge in [-0.1, -0.05) is 72.8 Å². The van der Waals surface area contributed by atoms with Crippen LogP contribution < -0.4 is 78.0 Å². The number of rotatable bonds is 19. The Hall–Kier alpha value is -12.2. The van der Waals surface area contributed by atoms with Crippen molar-refractivity contribution in [2.24, 2.45) is 0 Å². The zero-order chi connectivity index (χ0) is 69.2. The van der Waals surface area contributed by atoms with Gasteiger partial charge in [-0.05, 0) is 144 Å². The van der Waals surface area contributed by atoms with Crippen LogP contribution in [-0.2, 0) is 39.3 Å². The topological polar surface area (TPSA) is 275 Å². The quantitative estimate of drug-likeness (QED) is 0.0791. The normalized spacial score (nSPS) is 10.9. The lowest BCUT2D eigenvalue weighted by atomic mass is 10.1. The van der Waals surface area contributed by atoms with Crippen LogP contribution in [0.2, 0.25) is 0 Å². The second-order valence-electron chi connectivity index (χ2n) is 22.6. The smallest absolute Gasteiger partial charge is 0.332 e. The zero-order valence-electron chi connectivity index (χ0n) is 55.1. The predicted octanol–water partition coefficient (Wildman–Crippen LogP) is 7.54. The Morgan fingerprint density at radius 2 is 0.526 bits per heavy atom. The lowest BCUT2D eigenvalue weighted by Crippen LogP contribution is -2.42. The van der Waals surface area contributed by atoms with Crippen LogP contribution in [-0.4, -0.2) is 92.1 Å². The first-order valence-corrected chi connectivity index (χ1v) is 30.5. The number of aryl methyl sites for hydroxylation is 3. The molecule has 12 aromatic rings. The fourth-order valence-electron chi connectivity index (χ4n) is 11.3. The van der Waals surface area contributed by atoms with Crippen LogP contribution in [0.3, 0.4) is 0 Å². The molecule has 0 aliphatic carbocycles. The number of hydrogen-bond acceptors (Lipinski definition) is 16. The highest BCUT2D eigenvalue weighted by Gasteiger charge is 2.23. The molecule has 2 N–H and O–H groups in total. The van der Waals surface area contributed by atoms with Crippen molar-refractivity contribution in [1.29, 1.82) is 0 Å². The molecule has 0 aliphatic rings. The summed E-state index contributed by atoms with van der Waals surface area (Å²) in [4.78, 5) is 116. The lowest BCUT2D eigenvalue weighted by Gasteiger charge is -2.17. The Bertz CT molecular complexity index is 5140. The predicted molar refractivity (Wildman–Crippen MR) is 370 cm³/mol. The van der Waals surface area contributed by atoms with Crippen molar-refractivity contribution in [1.82, 2.24) is 42.4 Å². The van der Waals surface area contributed by atoms with E-state index in [-0.39, 0.29) is 72.5 Å². The minimum absolute atomic E-state index is 0.0711. The molecule has 498 valence electrons. The van der Waals surface area contributed by atoms with Gasteiger partial charge in [0.05, 0.1) is 105 Å². The molecule has 0 unspecified atom stereocenters. The summed E-state index contributed by atoms with van der Waals surface area (Å²) >= 11 is 0. The summed E-state index contributed by atoms with van der Waals surface area (Å²) < 4.78 is 44.4. The summed E-state index contributed by atoms with van der Waals surface area (Å²) in [6, 6.07) is 43.4. The maximum absolute atomic E-state index is 13.6. The van der Waals surface area contributed by atoms with Crippen LogP contribution in [0, 0.1) is 20.8 Å². The van der Waals surface area contributed by atoms with Crippen molar-refractivity contribution in [2.45, 2.75) is 60.0 Å². The van der Waals surface area contributed by atoms with E-state index in [4.69, 9.17) is 33.2 Å². The highest BCUT2D eigenvalue weighted by Crippen LogP contribution is 2.25. The first-order chi connectivity index (χ1) is 46.8. The minimum Gasteiger partial charge on any atom is -0.497 e. The molecule has 0 fully saturated rings. The number of H-pyrrole nitrogens is 2. The molecule has 0 radical (unpaired) electrons. The van der Waals surface area contributed by atoms with E-state index in [1.54, 1.807) is 159 Å². The number of aromatic amines is 2. The first-order valence-electron chi connectivity index (χ1n) is 30.5. The number of methoxy groups -OCH3 is 7. The summed E-state index contributed by atoms with van der Waals surface area (Å²) in [7, 11) is 10.9. The molecule has 0 spiro atoms. The molecule has 0 saturated carbocycles. The number of fused-ring (bicyclic) bond motifs is 3. The Morgan fingerprint density at radius 3 is 0.763 bits per heavy atom. The van der Waals surface area contributed by atoms with E-state index in [0.717, 1.165) is 39.1 Å². The number of pyridine rings is 3. The Labute approximate surface area is 553 Å². The fourth-order valence-corrected chi connectivity index (χ4v) is 11.3. The standard InChI is InChI=1S/C25H25N3O5.2C24H23N3O5/c1-16-13-26-23(33-4)22-21(16)24(29)28(15-18-7-11-20(32-3)12-8-18)25(30)27(22)14-17-5-9-19(31-2)10-6-17;2*1-15-12-25-22(28)21-20(15)23(29)27(14-17-6-10-19(32-3)11-7-17)24(30)26(21)13-16-4-8-18(31-2)9-5-16/h5-13H,14-15H2,1-4H3;2*4-12H,13-14H2,1-3H3,(H,25,28). The van der Waals surface area contributed by atoms with Crippen LogP contribution in [0.5, 0.6) is 40.4 Å². The number of hydrogen-bond donors (Lipinski definition) is 2. The Morgan fingerprint density at radius 1 is 0.299 bits per heavy atom. The van der Waals surface area contributed by atoms with Crippen molar-refractivity contribution >= 4 is 32.7 Å². The summed E-state index contributed by atoms with van der Waals surface area (Å²) in [6.45, 7) is 6.06. The molecule has 0 atom stereocenters. The average molecular weight is 1310 g/mol. The van der Waals surface area contributed by atoms with Gasteiger partial charge in [0.2, 0.25) is 5.88 Å². The van der Waals surface area contributed by atoms with Gasteiger partial charge in [0.15, 0.2) is 0 Å². The molecule has 6 heterocycles. The molecule has 12 rings (SSSR count). The van der Waals surface area contributed by atoms with Crippen molar-refractivity contribution in [3.05, 3.63) is 297 Å². The Balaban J connectivity index is 0.000000158. The second kappa shape index (κ2) is 29.8. The van der Waals surface area contributed by atoms with Gasteiger partial charge in [0, 0.05) is 18.6 Å². The van der Waals surface area contributed by atoms with Crippen molar-refractivity contribution < 1.29 is 33.2 Å². The summed E-state index contributed by atoms with van der Waals surface area (Å²) in [5.41, 5.74) is 3.33. The number of ether oxygens (including phenoxy) is 7. The van der Waals surface area contributed by atoms with Gasteiger partial charge in [-0.15, -0.1) is 0 Å². The van der Waals surface area contributed by atoms with Gasteiger partial charge in [-0.3, -0.25) is 51.4 Å². The van der Waals surface area contributed by atoms with E-state index >= 15 is 0 Å². The Kier molecular flexibility index (Phi) is 20.8. The highest BCUT2D eigenvalue weighted by atomic mass is 16.5. The molecule has 0 aliphatic heterocycles. The molecule has 0 saturated heterocycles. The van der Waals surface area contributed by atoms with Crippen molar-refractivity contribution in [3.63, 3.8) is 0 Å². The number of benzene rings is 6. The maximum atomic E-state index is 13.6. The monoisotopic (exact) mass is 1310 g/mol. The third kappa shape index (κ3) is 14.5. The van der Waals surface area contributed by atoms with Crippen LogP contribution in [0.4, 0.5) is 0 Å². The molecule has 24 nitrogen and oxygen atoms in total. The second-order valence-corrected chi connectivity index (χ2v) is 22.6. The molecular weight excluding hydrogens is 1240 g/mol. The summed E-state index contributed by atoms with van der Waals surface area (Å²) in [6.07, 6.45) is 4.57. The van der Waals surface area contributed by atoms with Gasteiger partial charge in [0.1, 0.15) is 51.0 Å². The molecular formula is C73H71N9O15. The average Bonchev–Trinajstić information content (AvgIpc) is 0.764. The number of aromatic nitrogens is 9. The fraction of sp³-hybridized carbons (Fsp3) is 0.219. The molecule has 0 amide bonds. The van der Waals surface area contributed by atoms with E-state index in [1.807, 2.05) is 60.7 Å². The van der Waals surface area contributed by atoms with Gasteiger partial charge >= 0.3 is 17.1 Å². The molecule has 0 bridgehead atoms. The molecule has 6 aromatic heterocycles. The van der Waals surface area contributed by atoms with Crippen LogP contribution in [0.15, 0.2) is 203 Å². The number of nitrogens with zero attached hydrogens (tertiary/aromatic N) is 7. The van der Waals surface area contributed by atoms with Crippen LogP contribution >= 0.6 is 0 Å². The third-order valence-corrected chi connectivity index (χ3v) is 16.5. The van der Waals surface area contributed by atoms with Gasteiger partial charge in [0.25, 0.3) is 27.8 Å². The summed E-state index contributed by atoms with van der Waals surface area (Å²) in [5, 5.41) is 0.870. The molecule has 97 heavy (non-hydrogen) atoms. The zero-order valence-corrected chi connectivity index (χ0v) is 55.1. The van der Waals surface area contributed by atoms with Gasteiger partial charge in [-0.25, -0.2) is 19.4 Å². The van der Waals surface area contributed by atoms with Gasteiger partial charge < -0.3 is 43.1 Å². The SMILES string of the molecule is COc1ccc(Cn2c(=O)c3c(C)c[nH]c(=O)c3n(Cc3ccc(OC)cc3)c2=O)cc1.COc1ccc(Cn2c(=O)c3c(C)c[nH]c(=O)c3n(Cc3ccc(OC)cc3)c2=O)cc1.COc1ccc(Cn2c(=O)c3c(C)cnc(OC)c3n(Cc3ccc(OC)cc3)c2=O)cc1. The molecule has 24 heteroatoms. The highest BCUT2D eigenvalue weighted by molar-refractivity contribution is 5.86. The summed E-state index contributed by atoms with van der Waals surface area (Å²) in [5.74, 6) is 4.38. The van der Waals surface area contributed by atoms with Crippen molar-refractivity contribution in [3.8, 4) is 40.4 Å². The lowest BCUT2D eigenvalue weighted by molar-refractivity contribution is 0.399. The number of nitrogens with one attached hydrogen (secondary N) is 2.